The number of hydrogen-bond acceptors (Lipinski definition) is 1. The second-order valence-corrected chi connectivity index (χ2v) is 3.55. The number of nitrogens with one attached hydrogen (secondary N) is 1. The first-order valence-corrected chi connectivity index (χ1v) is 4.75. The summed E-state index contributed by atoms with van der Waals surface area (Å²) in [6, 6.07) is 0. The molecular formula is C9H17F2N. The van der Waals surface area contributed by atoms with Gasteiger partial charge in [-0.15, -0.1) is 0 Å². The van der Waals surface area contributed by atoms with E-state index in [0.717, 1.165) is 12.8 Å². The first kappa shape index (κ1) is 9.90. The van der Waals surface area contributed by atoms with Gasteiger partial charge in [-0.25, -0.2) is 8.78 Å². The molecule has 1 unspecified atom stereocenters. The van der Waals surface area contributed by atoms with Crippen LogP contribution in [0, 0.1) is 5.92 Å². The van der Waals surface area contributed by atoms with E-state index in [-0.39, 0.29) is 6.42 Å². The zero-order valence-corrected chi connectivity index (χ0v) is 7.58. The summed E-state index contributed by atoms with van der Waals surface area (Å²) in [6.07, 6.45) is 2.60. The lowest BCUT2D eigenvalue weighted by molar-refractivity contribution is -0.0811. The van der Waals surface area contributed by atoms with Gasteiger partial charge in [-0.3, -0.25) is 0 Å². The maximum absolute atomic E-state index is 13.2. The number of halogens is 2. The van der Waals surface area contributed by atoms with Crippen molar-refractivity contribution in [2.24, 2.45) is 5.92 Å². The van der Waals surface area contributed by atoms with Crippen LogP contribution in [0.1, 0.15) is 32.6 Å². The first-order chi connectivity index (χ1) is 5.67. The topological polar surface area (TPSA) is 12.0 Å². The zero-order chi connectivity index (χ0) is 9.03. The third kappa shape index (κ3) is 2.41. The Morgan fingerprint density at radius 2 is 2.25 bits per heavy atom. The van der Waals surface area contributed by atoms with Crippen LogP contribution in [0.15, 0.2) is 0 Å². The molecule has 72 valence electrons. The molecule has 12 heavy (non-hydrogen) atoms. The van der Waals surface area contributed by atoms with Crippen molar-refractivity contribution in [2.75, 3.05) is 13.1 Å². The quantitative estimate of drug-likeness (QED) is 0.698. The maximum Gasteiger partial charge on any atom is 0.253 e. The van der Waals surface area contributed by atoms with Crippen molar-refractivity contribution in [2.45, 2.75) is 38.5 Å². The van der Waals surface area contributed by atoms with Gasteiger partial charge in [-0.2, -0.15) is 0 Å². The SMILES string of the molecule is CCCCC1CNCCC1(F)F. The van der Waals surface area contributed by atoms with Crippen LogP contribution in [-0.2, 0) is 0 Å². The predicted molar refractivity (Wildman–Crippen MR) is 45.4 cm³/mol. The van der Waals surface area contributed by atoms with E-state index in [9.17, 15) is 8.78 Å². The fourth-order valence-corrected chi connectivity index (χ4v) is 1.65. The molecule has 1 heterocycles. The van der Waals surface area contributed by atoms with E-state index in [1.165, 1.54) is 0 Å². The Morgan fingerprint density at radius 1 is 1.50 bits per heavy atom. The minimum atomic E-state index is -2.42. The van der Waals surface area contributed by atoms with Crippen molar-refractivity contribution in [1.82, 2.24) is 5.32 Å². The summed E-state index contributed by atoms with van der Waals surface area (Å²) in [5.74, 6) is -2.84. The van der Waals surface area contributed by atoms with E-state index in [2.05, 4.69) is 5.32 Å². The molecule has 1 nitrogen and oxygen atoms in total. The molecule has 0 spiro atoms. The van der Waals surface area contributed by atoms with Crippen LogP contribution in [0.4, 0.5) is 8.78 Å². The highest BCUT2D eigenvalue weighted by atomic mass is 19.3. The van der Waals surface area contributed by atoms with E-state index < -0.39 is 11.8 Å². The van der Waals surface area contributed by atoms with Crippen LogP contribution in [-0.4, -0.2) is 19.0 Å². The van der Waals surface area contributed by atoms with Gasteiger partial charge in [0.1, 0.15) is 0 Å². The highest BCUT2D eigenvalue weighted by Gasteiger charge is 2.40. The Morgan fingerprint density at radius 3 is 2.83 bits per heavy atom. The van der Waals surface area contributed by atoms with Crippen molar-refractivity contribution in [3.63, 3.8) is 0 Å². The van der Waals surface area contributed by atoms with Crippen LogP contribution in [0.5, 0.6) is 0 Å². The number of piperidine rings is 1. The second-order valence-electron chi connectivity index (χ2n) is 3.55. The van der Waals surface area contributed by atoms with Crippen LogP contribution >= 0.6 is 0 Å². The van der Waals surface area contributed by atoms with Crippen LogP contribution < -0.4 is 5.32 Å². The fourth-order valence-electron chi connectivity index (χ4n) is 1.65. The summed E-state index contributed by atoms with van der Waals surface area (Å²) in [4.78, 5) is 0. The minimum absolute atomic E-state index is 0.0153. The maximum atomic E-state index is 13.2. The standard InChI is InChI=1S/C9H17F2N/c1-2-3-4-8-7-12-6-5-9(8,10)11/h8,12H,2-7H2,1H3. The molecule has 1 N–H and O–H groups in total. The molecule has 0 bridgehead atoms. The highest BCUT2D eigenvalue weighted by Crippen LogP contribution is 2.33. The van der Waals surface area contributed by atoms with Gasteiger partial charge < -0.3 is 5.32 Å². The lowest BCUT2D eigenvalue weighted by Gasteiger charge is -2.31. The van der Waals surface area contributed by atoms with Crippen molar-refractivity contribution in [3.05, 3.63) is 0 Å². The molecule has 3 heteroatoms. The van der Waals surface area contributed by atoms with Gasteiger partial charge >= 0.3 is 0 Å². The van der Waals surface area contributed by atoms with Gasteiger partial charge in [0.15, 0.2) is 0 Å². The van der Waals surface area contributed by atoms with Crippen molar-refractivity contribution < 1.29 is 8.78 Å². The molecule has 1 saturated heterocycles. The largest absolute Gasteiger partial charge is 0.316 e. The van der Waals surface area contributed by atoms with Gasteiger partial charge in [-0.1, -0.05) is 19.8 Å². The third-order valence-corrected chi connectivity index (χ3v) is 2.53. The van der Waals surface area contributed by atoms with Gasteiger partial charge in [-0.05, 0) is 6.42 Å². The number of alkyl halides is 2. The summed E-state index contributed by atoms with van der Waals surface area (Å²) in [6.45, 7) is 3.00. The summed E-state index contributed by atoms with van der Waals surface area (Å²) in [5, 5.41) is 3.02. The van der Waals surface area contributed by atoms with E-state index in [0.29, 0.717) is 19.5 Å². The van der Waals surface area contributed by atoms with Crippen molar-refractivity contribution in [3.8, 4) is 0 Å². The van der Waals surface area contributed by atoms with E-state index >= 15 is 0 Å². The molecule has 0 aromatic heterocycles. The Labute approximate surface area is 72.5 Å². The fraction of sp³-hybridized carbons (Fsp3) is 1.00. The minimum Gasteiger partial charge on any atom is -0.316 e. The summed E-state index contributed by atoms with van der Waals surface area (Å²) >= 11 is 0. The Hall–Kier alpha value is -0.180. The Balaban J connectivity index is 2.37. The molecule has 1 fully saturated rings. The lowest BCUT2D eigenvalue weighted by atomic mass is 9.90. The van der Waals surface area contributed by atoms with Gasteiger partial charge in [0.05, 0.1) is 0 Å². The van der Waals surface area contributed by atoms with Crippen LogP contribution in [0.3, 0.4) is 0 Å². The van der Waals surface area contributed by atoms with Crippen LogP contribution in [0.2, 0.25) is 0 Å². The number of hydrogen-bond donors (Lipinski definition) is 1. The van der Waals surface area contributed by atoms with Crippen LogP contribution in [0.25, 0.3) is 0 Å². The van der Waals surface area contributed by atoms with E-state index in [1.54, 1.807) is 0 Å². The summed E-state index contributed by atoms with van der Waals surface area (Å²) in [5.41, 5.74) is 0. The number of rotatable bonds is 3. The third-order valence-electron chi connectivity index (χ3n) is 2.53. The van der Waals surface area contributed by atoms with Crippen molar-refractivity contribution in [1.29, 1.82) is 0 Å². The molecule has 0 saturated carbocycles. The molecule has 0 amide bonds. The monoisotopic (exact) mass is 177 g/mol. The highest BCUT2D eigenvalue weighted by molar-refractivity contribution is 4.83. The molecule has 1 aliphatic rings. The van der Waals surface area contributed by atoms with Gasteiger partial charge in [0, 0.05) is 25.4 Å². The normalized spacial score (nSPS) is 28.8. The molecular weight excluding hydrogens is 160 g/mol. The summed E-state index contributed by atoms with van der Waals surface area (Å²) < 4.78 is 26.3. The first-order valence-electron chi connectivity index (χ1n) is 4.75. The molecule has 0 aromatic rings. The van der Waals surface area contributed by atoms with Crippen molar-refractivity contribution >= 4 is 0 Å². The Kier molecular flexibility index (Phi) is 3.44. The van der Waals surface area contributed by atoms with Gasteiger partial charge in [0.2, 0.25) is 0 Å². The predicted octanol–water partition coefficient (Wildman–Crippen LogP) is 2.42. The molecule has 0 aliphatic carbocycles. The summed E-state index contributed by atoms with van der Waals surface area (Å²) in [7, 11) is 0. The lowest BCUT2D eigenvalue weighted by Crippen LogP contribution is -2.44. The zero-order valence-electron chi connectivity index (χ0n) is 7.58. The molecule has 0 aromatic carbocycles. The van der Waals surface area contributed by atoms with E-state index in [1.807, 2.05) is 6.92 Å². The Bertz CT molecular complexity index is 136. The number of unbranched alkanes of at least 4 members (excludes halogenated alkanes) is 1. The molecule has 1 aliphatic heterocycles. The average molecular weight is 177 g/mol. The van der Waals surface area contributed by atoms with Gasteiger partial charge in [0.25, 0.3) is 5.92 Å². The molecule has 1 atom stereocenters. The average Bonchev–Trinajstić information content (AvgIpc) is 2.02. The molecule has 1 rings (SSSR count). The second kappa shape index (κ2) is 4.17. The van der Waals surface area contributed by atoms with E-state index in [4.69, 9.17) is 0 Å². The smallest absolute Gasteiger partial charge is 0.253 e. The molecule has 0 radical (unpaired) electrons.